The fraction of sp³-hybridized carbons (Fsp3) is 0.417. The summed E-state index contributed by atoms with van der Waals surface area (Å²) in [7, 11) is 0. The molecule has 0 heterocycles. The maximum Gasteiger partial charge on any atom is 0.251 e. The molecule has 0 radical (unpaired) electrons. The summed E-state index contributed by atoms with van der Waals surface area (Å²) in [5.41, 5.74) is 7.21. The molecule has 0 unspecified atom stereocenters. The molecule has 0 atom stereocenters. The van der Waals surface area contributed by atoms with E-state index in [2.05, 4.69) is 12.2 Å². The van der Waals surface area contributed by atoms with Gasteiger partial charge in [-0.1, -0.05) is 25.5 Å². The molecule has 1 aromatic carbocycles. The Morgan fingerprint density at radius 1 is 1.33 bits per heavy atom. The van der Waals surface area contributed by atoms with Gasteiger partial charge in [0, 0.05) is 18.7 Å². The van der Waals surface area contributed by atoms with Crippen LogP contribution in [0.3, 0.4) is 0 Å². The standard InChI is InChI=1S/C12H18N2O/c1-2-3-8-14-12(15)11-6-4-10(9-13)5-7-11/h4-7H,2-3,8-9,13H2,1H3,(H,14,15). The molecule has 0 spiro atoms. The first kappa shape index (κ1) is 11.7. The second-order valence-electron chi connectivity index (χ2n) is 3.51. The Morgan fingerprint density at radius 2 is 2.00 bits per heavy atom. The Hall–Kier alpha value is -1.35. The quantitative estimate of drug-likeness (QED) is 0.720. The molecule has 82 valence electrons. The molecule has 0 fully saturated rings. The third-order valence-electron chi connectivity index (χ3n) is 2.27. The van der Waals surface area contributed by atoms with E-state index in [4.69, 9.17) is 5.73 Å². The van der Waals surface area contributed by atoms with Gasteiger partial charge in [-0.2, -0.15) is 0 Å². The van der Waals surface area contributed by atoms with E-state index in [-0.39, 0.29) is 5.91 Å². The van der Waals surface area contributed by atoms with Gasteiger partial charge in [-0.25, -0.2) is 0 Å². The first-order chi connectivity index (χ1) is 7.27. The molecule has 0 saturated heterocycles. The van der Waals surface area contributed by atoms with Crippen LogP contribution in [0.15, 0.2) is 24.3 Å². The maximum atomic E-state index is 11.6. The van der Waals surface area contributed by atoms with Crippen LogP contribution >= 0.6 is 0 Å². The van der Waals surface area contributed by atoms with E-state index < -0.39 is 0 Å². The predicted octanol–water partition coefficient (Wildman–Crippen LogP) is 1.68. The number of carbonyl (C=O) groups is 1. The minimum Gasteiger partial charge on any atom is -0.352 e. The van der Waals surface area contributed by atoms with Crippen LogP contribution in [0.1, 0.15) is 35.7 Å². The third-order valence-corrected chi connectivity index (χ3v) is 2.27. The Balaban J connectivity index is 2.50. The molecule has 3 heteroatoms. The number of benzene rings is 1. The van der Waals surface area contributed by atoms with E-state index in [0.29, 0.717) is 12.1 Å². The van der Waals surface area contributed by atoms with Gasteiger partial charge in [0.05, 0.1) is 0 Å². The van der Waals surface area contributed by atoms with Gasteiger partial charge >= 0.3 is 0 Å². The van der Waals surface area contributed by atoms with Gasteiger partial charge in [-0.05, 0) is 24.1 Å². The lowest BCUT2D eigenvalue weighted by molar-refractivity contribution is 0.0953. The molecule has 0 aliphatic carbocycles. The molecule has 3 N–H and O–H groups in total. The van der Waals surface area contributed by atoms with E-state index in [1.165, 1.54) is 0 Å². The zero-order valence-electron chi connectivity index (χ0n) is 9.12. The zero-order valence-corrected chi connectivity index (χ0v) is 9.12. The van der Waals surface area contributed by atoms with Gasteiger partial charge in [0.25, 0.3) is 5.91 Å². The van der Waals surface area contributed by atoms with Crippen LogP contribution in [0.4, 0.5) is 0 Å². The van der Waals surface area contributed by atoms with Crippen LogP contribution in [0.2, 0.25) is 0 Å². The molecule has 15 heavy (non-hydrogen) atoms. The molecule has 1 amide bonds. The smallest absolute Gasteiger partial charge is 0.251 e. The van der Waals surface area contributed by atoms with Crippen molar-refractivity contribution >= 4 is 5.91 Å². The molecular weight excluding hydrogens is 188 g/mol. The summed E-state index contributed by atoms with van der Waals surface area (Å²) in [6, 6.07) is 7.39. The highest BCUT2D eigenvalue weighted by Crippen LogP contribution is 2.03. The van der Waals surface area contributed by atoms with Gasteiger partial charge in [0.1, 0.15) is 0 Å². The Bertz CT molecular complexity index is 306. The average molecular weight is 206 g/mol. The first-order valence-electron chi connectivity index (χ1n) is 5.35. The molecule has 0 aromatic heterocycles. The summed E-state index contributed by atoms with van der Waals surface area (Å²) in [5.74, 6) is -0.00739. The highest BCUT2D eigenvalue weighted by Gasteiger charge is 2.03. The van der Waals surface area contributed by atoms with Crippen molar-refractivity contribution in [1.82, 2.24) is 5.32 Å². The second-order valence-corrected chi connectivity index (χ2v) is 3.51. The van der Waals surface area contributed by atoms with Crippen LogP contribution in [-0.4, -0.2) is 12.5 Å². The summed E-state index contributed by atoms with van der Waals surface area (Å²) < 4.78 is 0. The van der Waals surface area contributed by atoms with Crippen molar-refractivity contribution in [2.24, 2.45) is 5.73 Å². The minimum atomic E-state index is -0.00739. The largest absolute Gasteiger partial charge is 0.352 e. The molecule has 0 aliphatic rings. The van der Waals surface area contributed by atoms with Crippen molar-refractivity contribution in [2.45, 2.75) is 26.3 Å². The number of carbonyl (C=O) groups excluding carboxylic acids is 1. The second kappa shape index (κ2) is 6.19. The highest BCUT2D eigenvalue weighted by molar-refractivity contribution is 5.94. The van der Waals surface area contributed by atoms with Crippen molar-refractivity contribution < 1.29 is 4.79 Å². The highest BCUT2D eigenvalue weighted by atomic mass is 16.1. The number of hydrogen-bond donors (Lipinski definition) is 2. The molecular formula is C12H18N2O. The lowest BCUT2D eigenvalue weighted by Gasteiger charge is -2.04. The molecule has 0 bridgehead atoms. The van der Waals surface area contributed by atoms with Crippen molar-refractivity contribution in [3.63, 3.8) is 0 Å². The topological polar surface area (TPSA) is 55.1 Å². The number of amides is 1. The normalized spacial score (nSPS) is 10.0. The first-order valence-corrected chi connectivity index (χ1v) is 5.35. The van der Waals surface area contributed by atoms with Crippen LogP contribution in [0.5, 0.6) is 0 Å². The van der Waals surface area contributed by atoms with Gasteiger partial charge in [-0.15, -0.1) is 0 Å². The fourth-order valence-electron chi connectivity index (χ4n) is 1.27. The summed E-state index contributed by atoms with van der Waals surface area (Å²) in [6.07, 6.45) is 2.11. The maximum absolute atomic E-state index is 11.6. The van der Waals surface area contributed by atoms with Crippen molar-refractivity contribution in [3.05, 3.63) is 35.4 Å². The summed E-state index contributed by atoms with van der Waals surface area (Å²) in [5, 5.41) is 2.87. The summed E-state index contributed by atoms with van der Waals surface area (Å²) in [4.78, 5) is 11.6. The molecule has 0 saturated carbocycles. The van der Waals surface area contributed by atoms with Crippen molar-refractivity contribution in [2.75, 3.05) is 6.54 Å². The number of nitrogens with two attached hydrogens (primary N) is 1. The van der Waals surface area contributed by atoms with Gasteiger partial charge in [0.2, 0.25) is 0 Å². The van der Waals surface area contributed by atoms with Crippen LogP contribution in [0, 0.1) is 0 Å². The van der Waals surface area contributed by atoms with Crippen LogP contribution < -0.4 is 11.1 Å². The van der Waals surface area contributed by atoms with Crippen LogP contribution in [-0.2, 0) is 6.54 Å². The van der Waals surface area contributed by atoms with Crippen molar-refractivity contribution in [3.8, 4) is 0 Å². The van der Waals surface area contributed by atoms with E-state index >= 15 is 0 Å². The Morgan fingerprint density at radius 3 is 2.53 bits per heavy atom. The summed E-state index contributed by atoms with van der Waals surface area (Å²) >= 11 is 0. The lowest BCUT2D eigenvalue weighted by atomic mass is 10.1. The van der Waals surface area contributed by atoms with Gasteiger partial charge in [-0.3, -0.25) is 4.79 Å². The van der Waals surface area contributed by atoms with E-state index in [1.54, 1.807) is 0 Å². The molecule has 1 aromatic rings. The van der Waals surface area contributed by atoms with Gasteiger partial charge < -0.3 is 11.1 Å². The van der Waals surface area contributed by atoms with E-state index in [0.717, 1.165) is 24.9 Å². The zero-order chi connectivity index (χ0) is 11.1. The average Bonchev–Trinajstić information content (AvgIpc) is 2.29. The lowest BCUT2D eigenvalue weighted by Crippen LogP contribution is -2.24. The van der Waals surface area contributed by atoms with E-state index in [1.807, 2.05) is 24.3 Å². The van der Waals surface area contributed by atoms with Crippen LogP contribution in [0.25, 0.3) is 0 Å². The van der Waals surface area contributed by atoms with Gasteiger partial charge in [0.15, 0.2) is 0 Å². The Kier molecular flexibility index (Phi) is 4.84. The fourth-order valence-corrected chi connectivity index (χ4v) is 1.27. The number of hydrogen-bond acceptors (Lipinski definition) is 2. The SMILES string of the molecule is CCCCNC(=O)c1ccc(CN)cc1. The van der Waals surface area contributed by atoms with E-state index in [9.17, 15) is 4.79 Å². The number of rotatable bonds is 5. The molecule has 3 nitrogen and oxygen atoms in total. The monoisotopic (exact) mass is 206 g/mol. The van der Waals surface area contributed by atoms with Crippen molar-refractivity contribution in [1.29, 1.82) is 0 Å². The summed E-state index contributed by atoms with van der Waals surface area (Å²) in [6.45, 7) is 3.36. The minimum absolute atomic E-state index is 0.00739. The number of nitrogens with one attached hydrogen (secondary N) is 1. The Labute approximate surface area is 90.7 Å². The molecule has 1 rings (SSSR count). The number of unbranched alkanes of at least 4 members (excludes halogenated alkanes) is 1. The molecule has 0 aliphatic heterocycles. The predicted molar refractivity (Wildman–Crippen MR) is 61.6 cm³/mol. The third kappa shape index (κ3) is 3.72.